The Morgan fingerprint density at radius 2 is 2.00 bits per heavy atom. The molecule has 1 atom stereocenters. The summed E-state index contributed by atoms with van der Waals surface area (Å²) >= 11 is 0. The van der Waals surface area contributed by atoms with E-state index in [-0.39, 0.29) is 5.56 Å². The van der Waals surface area contributed by atoms with Crippen LogP contribution in [-0.2, 0) is 6.42 Å². The quantitative estimate of drug-likeness (QED) is 0.882. The number of hydrogen-bond donors (Lipinski definition) is 1. The Bertz CT molecular complexity index is 377. The van der Waals surface area contributed by atoms with Gasteiger partial charge in [0.2, 0.25) is 0 Å². The van der Waals surface area contributed by atoms with Gasteiger partial charge in [0, 0.05) is 0 Å². The minimum Gasteiger partial charge on any atom is -0.496 e. The monoisotopic (exact) mass is 247 g/mol. The van der Waals surface area contributed by atoms with E-state index in [9.17, 15) is 13.2 Å². The SMILES string of the molecule is CCc1cc(C(NC)C(F)(F)F)ccc1OC. The van der Waals surface area contributed by atoms with Crippen LogP contribution in [0.2, 0.25) is 0 Å². The summed E-state index contributed by atoms with van der Waals surface area (Å²) in [6.07, 6.45) is -3.67. The van der Waals surface area contributed by atoms with Crippen LogP contribution >= 0.6 is 0 Å². The standard InChI is InChI=1S/C12H16F3NO/c1-4-8-7-9(5-6-10(8)17-3)11(16-2)12(13,14)15/h5-7,11,16H,4H2,1-3H3. The predicted molar refractivity (Wildman–Crippen MR) is 60.2 cm³/mol. The first-order valence-corrected chi connectivity index (χ1v) is 5.34. The molecule has 1 aromatic rings. The number of alkyl halides is 3. The van der Waals surface area contributed by atoms with Gasteiger partial charge in [0.15, 0.2) is 0 Å². The number of halogens is 3. The summed E-state index contributed by atoms with van der Waals surface area (Å²) in [6.45, 7) is 1.88. The second-order valence-electron chi connectivity index (χ2n) is 3.69. The average Bonchev–Trinajstić information content (AvgIpc) is 2.27. The van der Waals surface area contributed by atoms with E-state index in [1.807, 2.05) is 6.92 Å². The molecular weight excluding hydrogens is 231 g/mol. The first-order valence-electron chi connectivity index (χ1n) is 5.34. The van der Waals surface area contributed by atoms with Gasteiger partial charge < -0.3 is 10.1 Å². The van der Waals surface area contributed by atoms with Crippen LogP contribution in [0.3, 0.4) is 0 Å². The highest BCUT2D eigenvalue weighted by molar-refractivity contribution is 5.38. The molecule has 0 bridgehead atoms. The lowest BCUT2D eigenvalue weighted by molar-refractivity contribution is -0.156. The Morgan fingerprint density at radius 1 is 1.35 bits per heavy atom. The zero-order chi connectivity index (χ0) is 13.1. The molecule has 0 amide bonds. The van der Waals surface area contributed by atoms with E-state index >= 15 is 0 Å². The van der Waals surface area contributed by atoms with Gasteiger partial charge in [0.1, 0.15) is 11.8 Å². The van der Waals surface area contributed by atoms with Crippen molar-refractivity contribution in [3.8, 4) is 5.75 Å². The van der Waals surface area contributed by atoms with Crippen molar-refractivity contribution in [1.82, 2.24) is 5.32 Å². The maximum atomic E-state index is 12.7. The van der Waals surface area contributed by atoms with Gasteiger partial charge in [-0.25, -0.2) is 0 Å². The van der Waals surface area contributed by atoms with Crippen LogP contribution in [0.4, 0.5) is 13.2 Å². The van der Waals surface area contributed by atoms with E-state index in [4.69, 9.17) is 4.74 Å². The first-order chi connectivity index (χ1) is 7.93. The fourth-order valence-corrected chi connectivity index (χ4v) is 1.77. The van der Waals surface area contributed by atoms with Crippen molar-refractivity contribution in [1.29, 1.82) is 0 Å². The second-order valence-corrected chi connectivity index (χ2v) is 3.69. The summed E-state index contributed by atoms with van der Waals surface area (Å²) in [5.74, 6) is 0.619. The third kappa shape index (κ3) is 3.12. The van der Waals surface area contributed by atoms with Gasteiger partial charge in [-0.05, 0) is 30.7 Å². The third-order valence-electron chi connectivity index (χ3n) is 2.63. The number of benzene rings is 1. The summed E-state index contributed by atoms with van der Waals surface area (Å²) in [5, 5.41) is 2.28. The van der Waals surface area contributed by atoms with Gasteiger partial charge in [0.05, 0.1) is 7.11 Å². The van der Waals surface area contributed by atoms with Crippen molar-refractivity contribution in [2.75, 3.05) is 14.2 Å². The number of methoxy groups -OCH3 is 1. The largest absolute Gasteiger partial charge is 0.496 e. The Hall–Kier alpha value is -1.23. The second kappa shape index (κ2) is 5.40. The molecule has 0 aromatic heterocycles. The molecular formula is C12H16F3NO. The number of rotatable bonds is 4. The third-order valence-corrected chi connectivity index (χ3v) is 2.63. The molecule has 0 spiro atoms. The lowest BCUT2D eigenvalue weighted by Crippen LogP contribution is -2.31. The molecule has 0 radical (unpaired) electrons. The molecule has 0 fully saturated rings. The molecule has 0 saturated heterocycles. The molecule has 2 nitrogen and oxygen atoms in total. The average molecular weight is 247 g/mol. The van der Waals surface area contributed by atoms with Gasteiger partial charge in [-0.3, -0.25) is 0 Å². The Morgan fingerprint density at radius 3 is 2.41 bits per heavy atom. The van der Waals surface area contributed by atoms with Crippen LogP contribution in [0.25, 0.3) is 0 Å². The van der Waals surface area contributed by atoms with Gasteiger partial charge in [0.25, 0.3) is 0 Å². The molecule has 17 heavy (non-hydrogen) atoms. The molecule has 1 unspecified atom stereocenters. The lowest BCUT2D eigenvalue weighted by atomic mass is 10.0. The van der Waals surface area contributed by atoms with Crippen LogP contribution < -0.4 is 10.1 Å². The van der Waals surface area contributed by atoms with E-state index < -0.39 is 12.2 Å². The summed E-state index contributed by atoms with van der Waals surface area (Å²) < 4.78 is 43.3. The maximum absolute atomic E-state index is 12.7. The van der Waals surface area contributed by atoms with Crippen molar-refractivity contribution in [2.24, 2.45) is 0 Å². The molecule has 96 valence electrons. The van der Waals surface area contributed by atoms with E-state index in [1.165, 1.54) is 26.3 Å². The highest BCUT2D eigenvalue weighted by Gasteiger charge is 2.39. The molecule has 1 N–H and O–H groups in total. The fourth-order valence-electron chi connectivity index (χ4n) is 1.77. The lowest BCUT2D eigenvalue weighted by Gasteiger charge is -2.21. The van der Waals surface area contributed by atoms with Crippen LogP contribution in [-0.4, -0.2) is 20.3 Å². The van der Waals surface area contributed by atoms with Crippen molar-refractivity contribution >= 4 is 0 Å². The Balaban J connectivity index is 3.14. The van der Waals surface area contributed by atoms with Gasteiger partial charge in [-0.2, -0.15) is 13.2 Å². The summed E-state index contributed by atoms with van der Waals surface area (Å²) in [5.41, 5.74) is 0.979. The van der Waals surface area contributed by atoms with E-state index in [1.54, 1.807) is 6.07 Å². The van der Waals surface area contributed by atoms with Crippen molar-refractivity contribution in [3.63, 3.8) is 0 Å². The first kappa shape index (κ1) is 13.8. The van der Waals surface area contributed by atoms with Gasteiger partial charge in [-0.1, -0.05) is 19.1 Å². The molecule has 1 aromatic carbocycles. The topological polar surface area (TPSA) is 21.3 Å². The fraction of sp³-hybridized carbons (Fsp3) is 0.500. The van der Waals surface area contributed by atoms with Crippen LogP contribution in [0, 0.1) is 0 Å². The highest BCUT2D eigenvalue weighted by Crippen LogP contribution is 2.34. The van der Waals surface area contributed by atoms with Crippen molar-refractivity contribution in [2.45, 2.75) is 25.6 Å². The predicted octanol–water partition coefficient (Wildman–Crippen LogP) is 3.08. The smallest absolute Gasteiger partial charge is 0.407 e. The Labute approximate surface area is 98.8 Å². The highest BCUT2D eigenvalue weighted by atomic mass is 19.4. The molecule has 0 aliphatic carbocycles. The van der Waals surface area contributed by atoms with Crippen LogP contribution in [0.1, 0.15) is 24.1 Å². The van der Waals surface area contributed by atoms with Gasteiger partial charge >= 0.3 is 6.18 Å². The summed E-state index contributed by atoms with van der Waals surface area (Å²) in [4.78, 5) is 0. The molecule has 0 heterocycles. The minimum atomic E-state index is -4.30. The molecule has 0 aliphatic heterocycles. The van der Waals surface area contributed by atoms with Gasteiger partial charge in [-0.15, -0.1) is 0 Å². The van der Waals surface area contributed by atoms with Crippen LogP contribution in [0.15, 0.2) is 18.2 Å². The molecule has 0 saturated carbocycles. The Kier molecular flexibility index (Phi) is 4.40. The zero-order valence-corrected chi connectivity index (χ0v) is 10.1. The van der Waals surface area contributed by atoms with Crippen molar-refractivity contribution < 1.29 is 17.9 Å². The molecule has 1 rings (SSSR count). The van der Waals surface area contributed by atoms with Crippen molar-refractivity contribution in [3.05, 3.63) is 29.3 Å². The zero-order valence-electron chi connectivity index (χ0n) is 10.1. The number of aryl methyl sites for hydroxylation is 1. The molecule has 0 aliphatic rings. The summed E-state index contributed by atoms with van der Waals surface area (Å²) in [7, 11) is 2.81. The maximum Gasteiger partial charge on any atom is 0.407 e. The number of nitrogens with one attached hydrogen (secondary N) is 1. The summed E-state index contributed by atoms with van der Waals surface area (Å²) in [6, 6.07) is 2.91. The number of ether oxygens (including phenoxy) is 1. The van der Waals surface area contributed by atoms with E-state index in [0.717, 1.165) is 5.56 Å². The number of hydrogen-bond acceptors (Lipinski definition) is 2. The molecule has 5 heteroatoms. The van der Waals surface area contributed by atoms with Crippen LogP contribution in [0.5, 0.6) is 5.75 Å². The minimum absolute atomic E-state index is 0.206. The van der Waals surface area contributed by atoms with E-state index in [0.29, 0.717) is 12.2 Å². The normalized spacial score (nSPS) is 13.5. The van der Waals surface area contributed by atoms with E-state index in [2.05, 4.69) is 5.32 Å².